The highest BCUT2D eigenvalue weighted by atomic mass is 32.2. The molecule has 3 N–H and O–H groups in total. The number of carbonyl (C=O) groups excluding carboxylic acids is 2. The standard InChI is InChI=1S/C15H16N6O3S2/c1-8-6-12(24-20-8)17-14(23)9(2)26-15-19-18-13(10-4-3-5-25-10)21(15)7-11(16)22/h3-6,9H,7H2,1-2H3,(H2,16,22)(H,17,23)/t9-/m0/s1. The molecule has 3 aromatic heterocycles. The third-order valence-electron chi connectivity index (χ3n) is 3.30. The minimum atomic E-state index is -0.515. The van der Waals surface area contributed by atoms with Crippen LogP contribution < -0.4 is 11.1 Å². The van der Waals surface area contributed by atoms with E-state index in [9.17, 15) is 9.59 Å². The van der Waals surface area contributed by atoms with Crippen molar-refractivity contribution in [1.29, 1.82) is 0 Å². The van der Waals surface area contributed by atoms with Gasteiger partial charge in [0.05, 0.1) is 15.8 Å². The molecule has 3 rings (SSSR count). The highest BCUT2D eigenvalue weighted by molar-refractivity contribution is 8.00. The summed E-state index contributed by atoms with van der Waals surface area (Å²) in [5.41, 5.74) is 6.02. The fourth-order valence-corrected chi connectivity index (χ4v) is 3.69. The smallest absolute Gasteiger partial charge is 0.240 e. The van der Waals surface area contributed by atoms with E-state index in [1.807, 2.05) is 17.5 Å². The summed E-state index contributed by atoms with van der Waals surface area (Å²) in [6, 6.07) is 5.38. The molecule has 1 atom stereocenters. The second-order valence-electron chi connectivity index (χ2n) is 5.42. The monoisotopic (exact) mass is 392 g/mol. The first-order valence-electron chi connectivity index (χ1n) is 7.60. The van der Waals surface area contributed by atoms with Crippen molar-refractivity contribution in [1.82, 2.24) is 19.9 Å². The number of nitrogens with zero attached hydrogens (tertiary/aromatic N) is 4. The Kier molecular flexibility index (Phi) is 5.38. The molecule has 136 valence electrons. The second-order valence-corrected chi connectivity index (χ2v) is 7.67. The Morgan fingerprint density at radius 1 is 1.46 bits per heavy atom. The van der Waals surface area contributed by atoms with Crippen molar-refractivity contribution < 1.29 is 14.1 Å². The number of carbonyl (C=O) groups is 2. The minimum absolute atomic E-state index is 0.0712. The van der Waals surface area contributed by atoms with Crippen LogP contribution in [0, 0.1) is 6.92 Å². The van der Waals surface area contributed by atoms with Gasteiger partial charge in [-0.1, -0.05) is 23.0 Å². The molecule has 0 aromatic carbocycles. The molecule has 0 aliphatic heterocycles. The molecule has 11 heteroatoms. The Hall–Kier alpha value is -2.66. The molecule has 9 nitrogen and oxygen atoms in total. The molecule has 0 aliphatic rings. The van der Waals surface area contributed by atoms with Crippen LogP contribution in [0.5, 0.6) is 0 Å². The second kappa shape index (κ2) is 7.70. The van der Waals surface area contributed by atoms with Gasteiger partial charge in [0, 0.05) is 6.07 Å². The van der Waals surface area contributed by atoms with Gasteiger partial charge in [-0.3, -0.25) is 19.5 Å². The van der Waals surface area contributed by atoms with Gasteiger partial charge in [-0.25, -0.2) is 0 Å². The highest BCUT2D eigenvalue weighted by Crippen LogP contribution is 2.29. The molecule has 0 saturated carbocycles. The summed E-state index contributed by atoms with van der Waals surface area (Å²) in [4.78, 5) is 24.6. The van der Waals surface area contributed by atoms with Gasteiger partial charge in [-0.05, 0) is 25.3 Å². The summed E-state index contributed by atoms with van der Waals surface area (Å²) in [6.07, 6.45) is 0. The van der Waals surface area contributed by atoms with Gasteiger partial charge >= 0.3 is 0 Å². The van der Waals surface area contributed by atoms with Crippen LogP contribution in [0.2, 0.25) is 0 Å². The van der Waals surface area contributed by atoms with Gasteiger partial charge in [0.2, 0.25) is 17.7 Å². The van der Waals surface area contributed by atoms with Gasteiger partial charge in [0.25, 0.3) is 0 Å². The molecule has 0 saturated heterocycles. The SMILES string of the molecule is Cc1cc(NC(=O)[C@H](C)Sc2nnc(-c3cccs3)n2CC(N)=O)on1. The summed E-state index contributed by atoms with van der Waals surface area (Å²) < 4.78 is 6.59. The van der Waals surface area contributed by atoms with E-state index in [0.29, 0.717) is 16.7 Å². The maximum absolute atomic E-state index is 12.3. The number of hydrogen-bond acceptors (Lipinski definition) is 8. The summed E-state index contributed by atoms with van der Waals surface area (Å²) in [5, 5.41) is 16.5. The van der Waals surface area contributed by atoms with E-state index in [0.717, 1.165) is 4.88 Å². The third-order valence-corrected chi connectivity index (χ3v) is 5.24. The predicted molar refractivity (Wildman–Crippen MR) is 97.7 cm³/mol. The van der Waals surface area contributed by atoms with Gasteiger partial charge < -0.3 is 10.3 Å². The molecule has 3 heterocycles. The molecule has 0 radical (unpaired) electrons. The maximum atomic E-state index is 12.3. The van der Waals surface area contributed by atoms with Crippen molar-refractivity contribution in [2.24, 2.45) is 5.73 Å². The van der Waals surface area contributed by atoms with Gasteiger partial charge in [-0.15, -0.1) is 21.5 Å². The Morgan fingerprint density at radius 3 is 2.88 bits per heavy atom. The number of thioether (sulfide) groups is 1. The van der Waals surface area contributed by atoms with E-state index in [2.05, 4.69) is 20.7 Å². The van der Waals surface area contributed by atoms with E-state index >= 15 is 0 Å². The van der Waals surface area contributed by atoms with Crippen LogP contribution in [-0.4, -0.2) is 37.0 Å². The Balaban J connectivity index is 1.77. The summed E-state index contributed by atoms with van der Waals surface area (Å²) in [6.45, 7) is 3.41. The molecule has 0 fully saturated rings. The Bertz CT molecular complexity index is 918. The van der Waals surface area contributed by atoms with Gasteiger partial charge in [0.15, 0.2) is 11.0 Å². The van der Waals surface area contributed by atoms with Crippen LogP contribution in [0.3, 0.4) is 0 Å². The number of thiophene rings is 1. The zero-order chi connectivity index (χ0) is 18.7. The van der Waals surface area contributed by atoms with Crippen LogP contribution in [0.25, 0.3) is 10.7 Å². The first-order valence-corrected chi connectivity index (χ1v) is 9.36. The fourth-order valence-electron chi connectivity index (χ4n) is 2.12. The Labute approximate surface area is 157 Å². The van der Waals surface area contributed by atoms with Crippen molar-refractivity contribution >= 4 is 40.8 Å². The predicted octanol–water partition coefficient (Wildman–Crippen LogP) is 1.91. The van der Waals surface area contributed by atoms with E-state index in [-0.39, 0.29) is 18.3 Å². The first kappa shape index (κ1) is 18.1. The topological polar surface area (TPSA) is 129 Å². The third kappa shape index (κ3) is 4.11. The van der Waals surface area contributed by atoms with Crippen molar-refractivity contribution in [3.05, 3.63) is 29.3 Å². The maximum Gasteiger partial charge on any atom is 0.240 e. The highest BCUT2D eigenvalue weighted by Gasteiger charge is 2.22. The number of nitrogens with one attached hydrogen (secondary N) is 1. The average Bonchev–Trinajstić information content (AvgIpc) is 3.30. The number of aromatic nitrogens is 4. The van der Waals surface area contributed by atoms with Crippen LogP contribution >= 0.6 is 23.1 Å². The fraction of sp³-hybridized carbons (Fsp3) is 0.267. The molecule has 0 spiro atoms. The normalized spacial score (nSPS) is 12.1. The minimum Gasteiger partial charge on any atom is -0.368 e. The van der Waals surface area contributed by atoms with Crippen molar-refractivity contribution in [2.45, 2.75) is 30.8 Å². The number of rotatable bonds is 7. The number of nitrogens with two attached hydrogens (primary N) is 1. The lowest BCUT2D eigenvalue weighted by atomic mass is 10.4. The molecule has 0 bridgehead atoms. The van der Waals surface area contributed by atoms with Crippen molar-refractivity contribution in [3.8, 4) is 10.7 Å². The summed E-state index contributed by atoms with van der Waals surface area (Å²) >= 11 is 2.65. The molecule has 2 amide bonds. The van der Waals surface area contributed by atoms with Crippen LogP contribution in [0.15, 0.2) is 33.3 Å². The summed E-state index contributed by atoms with van der Waals surface area (Å²) in [7, 11) is 0. The molecular formula is C15H16N6O3S2. The van der Waals surface area contributed by atoms with Gasteiger partial charge in [0.1, 0.15) is 6.54 Å². The first-order chi connectivity index (χ1) is 12.4. The zero-order valence-corrected chi connectivity index (χ0v) is 15.6. The molecule has 0 aliphatic carbocycles. The number of primary amides is 1. The molecular weight excluding hydrogens is 376 g/mol. The lowest BCUT2D eigenvalue weighted by Crippen LogP contribution is -2.24. The number of hydrogen-bond donors (Lipinski definition) is 2. The molecule has 0 unspecified atom stereocenters. The lowest BCUT2D eigenvalue weighted by Gasteiger charge is -2.11. The summed E-state index contributed by atoms with van der Waals surface area (Å²) in [5.74, 6) is 0.0220. The lowest BCUT2D eigenvalue weighted by molar-refractivity contribution is -0.118. The number of amides is 2. The number of anilines is 1. The largest absolute Gasteiger partial charge is 0.368 e. The number of aryl methyl sites for hydroxylation is 1. The average molecular weight is 392 g/mol. The van der Waals surface area contributed by atoms with E-state index in [1.165, 1.54) is 23.1 Å². The molecule has 3 aromatic rings. The van der Waals surface area contributed by atoms with Crippen molar-refractivity contribution in [2.75, 3.05) is 5.32 Å². The van der Waals surface area contributed by atoms with E-state index < -0.39 is 11.2 Å². The van der Waals surface area contributed by atoms with Crippen LogP contribution in [0.4, 0.5) is 5.88 Å². The quantitative estimate of drug-likeness (QED) is 0.588. The van der Waals surface area contributed by atoms with Gasteiger partial charge in [-0.2, -0.15) is 0 Å². The van der Waals surface area contributed by atoms with E-state index in [4.69, 9.17) is 10.3 Å². The van der Waals surface area contributed by atoms with E-state index in [1.54, 1.807) is 24.5 Å². The van der Waals surface area contributed by atoms with Crippen molar-refractivity contribution in [3.63, 3.8) is 0 Å². The Morgan fingerprint density at radius 2 is 2.27 bits per heavy atom. The zero-order valence-electron chi connectivity index (χ0n) is 14.0. The van der Waals surface area contributed by atoms with Crippen LogP contribution in [0.1, 0.15) is 12.6 Å². The van der Waals surface area contributed by atoms with Crippen LogP contribution in [-0.2, 0) is 16.1 Å². The molecule has 26 heavy (non-hydrogen) atoms.